The number of carbonyl (C=O) groups excluding carboxylic acids is 1. The number of rotatable bonds is 7. The van der Waals surface area contributed by atoms with Crippen LogP contribution in [0.25, 0.3) is 0 Å². The van der Waals surface area contributed by atoms with Crippen LogP contribution in [-0.2, 0) is 5.75 Å². The highest BCUT2D eigenvalue weighted by Gasteiger charge is 2.11. The molecule has 1 amide bonds. The second-order valence-corrected chi connectivity index (χ2v) is 5.85. The second kappa shape index (κ2) is 7.88. The summed E-state index contributed by atoms with van der Waals surface area (Å²) in [4.78, 5) is 13.2. The van der Waals surface area contributed by atoms with E-state index < -0.39 is 0 Å². The topological polar surface area (TPSA) is 55.1 Å². The Labute approximate surface area is 129 Å². The van der Waals surface area contributed by atoms with Crippen molar-refractivity contribution >= 4 is 17.7 Å². The number of carbonyl (C=O) groups is 1. The molecule has 1 aromatic heterocycles. The lowest BCUT2D eigenvalue weighted by Gasteiger charge is -2.09. The molecule has 1 heterocycles. The summed E-state index contributed by atoms with van der Waals surface area (Å²) < 4.78 is 5.19. The Kier molecular flexibility index (Phi) is 5.87. The van der Waals surface area contributed by atoms with Gasteiger partial charge in [0.1, 0.15) is 5.76 Å². The Morgan fingerprint density at radius 1 is 1.38 bits per heavy atom. The van der Waals surface area contributed by atoms with Gasteiger partial charge in [-0.1, -0.05) is 30.6 Å². The molecule has 0 atom stereocenters. The Bertz CT molecular complexity index is 595. The Hall–Kier alpha value is -1.75. The summed E-state index contributed by atoms with van der Waals surface area (Å²) in [6.45, 7) is 4.72. The van der Waals surface area contributed by atoms with E-state index in [1.54, 1.807) is 11.8 Å². The zero-order valence-corrected chi connectivity index (χ0v) is 13.2. The van der Waals surface area contributed by atoms with Crippen molar-refractivity contribution in [1.29, 1.82) is 0 Å². The molecule has 0 aliphatic carbocycles. The Balaban J connectivity index is 2.00. The van der Waals surface area contributed by atoms with Gasteiger partial charge in [-0.05, 0) is 25.5 Å². The summed E-state index contributed by atoms with van der Waals surface area (Å²) in [5.74, 6) is 1.47. The first-order valence-corrected chi connectivity index (χ1v) is 8.11. The molecule has 0 spiro atoms. The molecule has 0 unspecified atom stereocenters. The number of nitrogens with one attached hydrogen (secondary N) is 1. The number of hydrogen-bond acceptors (Lipinski definition) is 4. The van der Waals surface area contributed by atoms with Crippen LogP contribution in [-0.4, -0.2) is 17.6 Å². The van der Waals surface area contributed by atoms with Crippen molar-refractivity contribution in [2.75, 3.05) is 6.54 Å². The molecular formula is C16H20N2O2S. The van der Waals surface area contributed by atoms with E-state index in [1.165, 1.54) is 0 Å². The lowest BCUT2D eigenvalue weighted by molar-refractivity contribution is 0.0950. The molecule has 0 saturated carbocycles. The fourth-order valence-electron chi connectivity index (χ4n) is 1.89. The van der Waals surface area contributed by atoms with Crippen LogP contribution in [0.5, 0.6) is 0 Å². The van der Waals surface area contributed by atoms with Crippen molar-refractivity contribution < 1.29 is 9.32 Å². The highest BCUT2D eigenvalue weighted by molar-refractivity contribution is 7.98. The predicted octanol–water partition coefficient (Wildman–Crippen LogP) is 3.81. The fraction of sp³-hybridized carbons (Fsp3) is 0.375. The maximum Gasteiger partial charge on any atom is 0.252 e. The smallest absolute Gasteiger partial charge is 0.252 e. The molecule has 0 fully saturated rings. The molecule has 1 aromatic carbocycles. The molecule has 5 heteroatoms. The van der Waals surface area contributed by atoms with Crippen LogP contribution in [0.4, 0.5) is 0 Å². The van der Waals surface area contributed by atoms with Crippen LogP contribution in [0.1, 0.15) is 41.6 Å². The van der Waals surface area contributed by atoms with Gasteiger partial charge in [0.2, 0.25) is 0 Å². The number of thioether (sulfide) groups is 1. The first kappa shape index (κ1) is 15.6. The molecule has 0 bridgehead atoms. The molecule has 21 heavy (non-hydrogen) atoms. The van der Waals surface area contributed by atoms with Crippen molar-refractivity contribution in [2.24, 2.45) is 0 Å². The molecule has 0 saturated heterocycles. The van der Waals surface area contributed by atoms with E-state index >= 15 is 0 Å². The van der Waals surface area contributed by atoms with Gasteiger partial charge in [0, 0.05) is 17.5 Å². The van der Waals surface area contributed by atoms with Gasteiger partial charge in [0.15, 0.2) is 0 Å². The maximum atomic E-state index is 12.2. The van der Waals surface area contributed by atoms with Gasteiger partial charge < -0.3 is 9.84 Å². The summed E-state index contributed by atoms with van der Waals surface area (Å²) >= 11 is 1.59. The molecule has 4 nitrogen and oxygen atoms in total. The molecule has 2 aromatic rings. The van der Waals surface area contributed by atoms with Gasteiger partial charge in [0.05, 0.1) is 17.0 Å². The third-order valence-corrected chi connectivity index (χ3v) is 4.09. The number of unbranched alkanes of at least 4 members (excludes halogenated alkanes) is 1. The van der Waals surface area contributed by atoms with Crippen molar-refractivity contribution in [3.63, 3.8) is 0 Å². The average Bonchev–Trinajstić information content (AvgIpc) is 2.91. The van der Waals surface area contributed by atoms with E-state index in [-0.39, 0.29) is 5.91 Å². The number of amides is 1. The summed E-state index contributed by atoms with van der Waals surface area (Å²) in [5, 5.41) is 6.82. The van der Waals surface area contributed by atoms with E-state index in [9.17, 15) is 4.79 Å². The normalized spacial score (nSPS) is 10.6. The maximum absolute atomic E-state index is 12.2. The van der Waals surface area contributed by atoms with Crippen LogP contribution < -0.4 is 5.32 Å². The molecule has 0 aliphatic rings. The minimum absolute atomic E-state index is 0.0136. The molecule has 1 N–H and O–H groups in total. The van der Waals surface area contributed by atoms with Crippen molar-refractivity contribution in [2.45, 2.75) is 37.3 Å². The predicted molar refractivity (Wildman–Crippen MR) is 84.5 cm³/mol. The largest absolute Gasteiger partial charge is 0.360 e. The Morgan fingerprint density at radius 2 is 2.19 bits per heavy atom. The summed E-state index contributed by atoms with van der Waals surface area (Å²) in [6, 6.07) is 9.56. The van der Waals surface area contributed by atoms with Crippen LogP contribution in [0.2, 0.25) is 0 Å². The minimum atomic E-state index is -0.0136. The van der Waals surface area contributed by atoms with Gasteiger partial charge in [-0.25, -0.2) is 0 Å². The fourth-order valence-corrected chi connectivity index (χ4v) is 2.81. The van der Waals surface area contributed by atoms with Crippen molar-refractivity contribution in [1.82, 2.24) is 10.5 Å². The third-order valence-electron chi connectivity index (χ3n) is 2.99. The number of hydrogen-bond donors (Lipinski definition) is 1. The van der Waals surface area contributed by atoms with Crippen molar-refractivity contribution in [3.8, 4) is 0 Å². The number of aromatic nitrogens is 1. The molecule has 0 radical (unpaired) electrons. The Morgan fingerprint density at radius 3 is 2.90 bits per heavy atom. The third kappa shape index (κ3) is 4.63. The van der Waals surface area contributed by atoms with Gasteiger partial charge in [-0.2, -0.15) is 0 Å². The first-order valence-electron chi connectivity index (χ1n) is 7.13. The van der Waals surface area contributed by atoms with Gasteiger partial charge >= 0.3 is 0 Å². The zero-order valence-electron chi connectivity index (χ0n) is 12.4. The summed E-state index contributed by atoms with van der Waals surface area (Å²) in [6.07, 6.45) is 2.07. The van der Waals surface area contributed by atoms with E-state index in [0.717, 1.165) is 41.3 Å². The lowest BCUT2D eigenvalue weighted by Crippen LogP contribution is -2.24. The number of aryl methyl sites for hydroxylation is 1. The molecule has 112 valence electrons. The molecular weight excluding hydrogens is 284 g/mol. The molecule has 0 aliphatic heterocycles. The van der Waals surface area contributed by atoms with Crippen LogP contribution in [0.15, 0.2) is 39.8 Å². The number of nitrogens with zero attached hydrogens (tertiary/aromatic N) is 1. The average molecular weight is 304 g/mol. The van der Waals surface area contributed by atoms with E-state index in [0.29, 0.717) is 5.75 Å². The quantitative estimate of drug-likeness (QED) is 0.624. The van der Waals surface area contributed by atoms with E-state index in [4.69, 9.17) is 4.52 Å². The minimum Gasteiger partial charge on any atom is -0.360 e. The van der Waals surface area contributed by atoms with Crippen molar-refractivity contribution in [3.05, 3.63) is 47.3 Å². The highest BCUT2D eigenvalue weighted by atomic mass is 32.2. The number of benzene rings is 1. The lowest BCUT2D eigenvalue weighted by atomic mass is 10.2. The highest BCUT2D eigenvalue weighted by Crippen LogP contribution is 2.26. The SMILES string of the molecule is CCCCNC(=O)c1ccccc1SCc1cc(C)no1. The summed E-state index contributed by atoms with van der Waals surface area (Å²) in [5.41, 5.74) is 1.59. The first-order chi connectivity index (χ1) is 10.2. The zero-order chi connectivity index (χ0) is 15.1. The summed E-state index contributed by atoms with van der Waals surface area (Å²) in [7, 11) is 0. The van der Waals surface area contributed by atoms with Gasteiger partial charge in [0.25, 0.3) is 5.91 Å². The van der Waals surface area contributed by atoms with Gasteiger partial charge in [-0.15, -0.1) is 11.8 Å². The van der Waals surface area contributed by atoms with E-state index in [1.807, 2.05) is 37.3 Å². The van der Waals surface area contributed by atoms with Gasteiger partial charge in [-0.3, -0.25) is 4.79 Å². The van der Waals surface area contributed by atoms with Crippen LogP contribution >= 0.6 is 11.8 Å². The van der Waals surface area contributed by atoms with E-state index in [2.05, 4.69) is 17.4 Å². The standard InChI is InChI=1S/C16H20N2O2S/c1-3-4-9-17-16(19)14-7-5-6-8-15(14)21-11-13-10-12(2)18-20-13/h5-8,10H,3-4,9,11H2,1-2H3,(H,17,19). The van der Waals surface area contributed by atoms with Crippen LogP contribution in [0, 0.1) is 6.92 Å². The molecule has 2 rings (SSSR count). The second-order valence-electron chi connectivity index (χ2n) is 4.83. The monoisotopic (exact) mass is 304 g/mol. The van der Waals surface area contributed by atoms with Crippen LogP contribution in [0.3, 0.4) is 0 Å².